The second-order valence-electron chi connectivity index (χ2n) is 8.63. The Morgan fingerprint density at radius 1 is 1.34 bits per heavy atom. The van der Waals surface area contributed by atoms with Crippen molar-refractivity contribution in [3.8, 4) is 0 Å². The molecule has 1 saturated heterocycles. The molecule has 32 heavy (non-hydrogen) atoms. The molecule has 0 amide bonds. The maximum absolute atomic E-state index is 12.7. The lowest BCUT2D eigenvalue weighted by Crippen LogP contribution is -2.44. The van der Waals surface area contributed by atoms with E-state index >= 15 is 0 Å². The van der Waals surface area contributed by atoms with Gasteiger partial charge in [-0.1, -0.05) is 20.8 Å². The standard InChI is InChI=1S/C18H28N5O8P/c1-17(2,3)10(24)13-21-12(19)9-14(22-13)23(7-20-9)16-18(4,26)11(25)15(31-16)30-8-32(27,28-5)29-6/h7,11,15-16,25-26H,8H2,1-6H3,(H2,19,21,22). The predicted octanol–water partition coefficient (Wildman–Crippen LogP) is 1.06. The number of nitrogens with two attached hydrogens (primary N) is 1. The number of ketones is 1. The highest BCUT2D eigenvalue weighted by atomic mass is 31.2. The quantitative estimate of drug-likeness (QED) is 0.385. The number of carbonyl (C=O) groups is 1. The highest BCUT2D eigenvalue weighted by Crippen LogP contribution is 2.48. The summed E-state index contributed by atoms with van der Waals surface area (Å²) in [6.45, 7) is 6.49. The van der Waals surface area contributed by atoms with Crippen molar-refractivity contribution in [1.29, 1.82) is 0 Å². The molecule has 14 heteroatoms. The first-order valence-corrected chi connectivity index (χ1v) is 11.4. The Hall–Kier alpha value is -1.99. The minimum atomic E-state index is -3.55. The van der Waals surface area contributed by atoms with Crippen LogP contribution in [0.3, 0.4) is 0 Å². The molecule has 3 rings (SSSR count). The zero-order valence-electron chi connectivity index (χ0n) is 18.7. The third-order valence-electron chi connectivity index (χ3n) is 5.16. The van der Waals surface area contributed by atoms with E-state index in [2.05, 4.69) is 15.0 Å². The van der Waals surface area contributed by atoms with Gasteiger partial charge in [0.25, 0.3) is 0 Å². The Labute approximate surface area is 184 Å². The van der Waals surface area contributed by atoms with Gasteiger partial charge < -0.3 is 34.5 Å². The fourth-order valence-corrected chi connectivity index (χ4v) is 3.82. The Kier molecular flexibility index (Phi) is 6.48. The SMILES string of the molecule is COP(=O)(COC1OC(n2cnc3c(N)nc(C(=O)C(C)(C)C)nc32)C(C)(O)C1O)OC. The van der Waals surface area contributed by atoms with Crippen molar-refractivity contribution in [2.24, 2.45) is 5.41 Å². The molecule has 0 bridgehead atoms. The maximum atomic E-state index is 12.7. The lowest BCUT2D eigenvalue weighted by molar-refractivity contribution is -0.168. The average molecular weight is 473 g/mol. The number of fused-ring (bicyclic) bond motifs is 1. The largest absolute Gasteiger partial charge is 0.385 e. The van der Waals surface area contributed by atoms with Gasteiger partial charge in [0.15, 0.2) is 30.3 Å². The molecule has 2 aromatic heterocycles. The third-order valence-corrected chi connectivity index (χ3v) is 6.74. The third kappa shape index (κ3) is 4.29. The van der Waals surface area contributed by atoms with Crippen LogP contribution in [0.2, 0.25) is 0 Å². The monoisotopic (exact) mass is 473 g/mol. The molecule has 3 heterocycles. The fraction of sp³-hybridized carbons (Fsp3) is 0.667. The first-order chi connectivity index (χ1) is 14.7. The summed E-state index contributed by atoms with van der Waals surface area (Å²) in [7, 11) is -1.17. The smallest absolute Gasteiger partial charge is 0.355 e. The molecule has 4 N–H and O–H groups in total. The first kappa shape index (κ1) is 24.6. The molecule has 0 aliphatic carbocycles. The minimum absolute atomic E-state index is 0.0199. The normalized spacial score (nSPS) is 26.7. The molecule has 4 unspecified atom stereocenters. The van der Waals surface area contributed by atoms with Crippen LogP contribution in [0.5, 0.6) is 0 Å². The van der Waals surface area contributed by atoms with E-state index in [0.29, 0.717) is 0 Å². The number of carbonyl (C=O) groups excluding carboxylic acids is 1. The van der Waals surface area contributed by atoms with Crippen molar-refractivity contribution in [3.05, 3.63) is 12.2 Å². The fourth-order valence-electron chi connectivity index (χ4n) is 3.13. The van der Waals surface area contributed by atoms with Gasteiger partial charge >= 0.3 is 7.60 Å². The molecule has 0 spiro atoms. The Balaban J connectivity index is 1.98. The highest BCUT2D eigenvalue weighted by molar-refractivity contribution is 7.53. The van der Waals surface area contributed by atoms with Crippen LogP contribution in [0.1, 0.15) is 44.5 Å². The van der Waals surface area contributed by atoms with Crippen LogP contribution in [0.15, 0.2) is 6.33 Å². The lowest BCUT2D eigenvalue weighted by atomic mass is 9.90. The van der Waals surface area contributed by atoms with E-state index in [0.717, 1.165) is 0 Å². The van der Waals surface area contributed by atoms with Crippen LogP contribution in [0.25, 0.3) is 11.2 Å². The van der Waals surface area contributed by atoms with Crippen LogP contribution in [-0.4, -0.2) is 74.1 Å². The van der Waals surface area contributed by atoms with Crippen LogP contribution < -0.4 is 5.73 Å². The van der Waals surface area contributed by atoms with Gasteiger partial charge in [-0.05, 0) is 6.92 Å². The second-order valence-corrected chi connectivity index (χ2v) is 10.8. The van der Waals surface area contributed by atoms with Crippen molar-refractivity contribution in [1.82, 2.24) is 19.5 Å². The minimum Gasteiger partial charge on any atom is -0.385 e. The molecule has 0 aromatic carbocycles. The van der Waals surface area contributed by atoms with Crippen molar-refractivity contribution >= 4 is 30.4 Å². The molecule has 4 atom stereocenters. The summed E-state index contributed by atoms with van der Waals surface area (Å²) in [5, 5.41) is 21.6. The predicted molar refractivity (Wildman–Crippen MR) is 112 cm³/mol. The molecule has 2 aromatic rings. The number of aromatic nitrogens is 4. The summed E-state index contributed by atoms with van der Waals surface area (Å²) >= 11 is 0. The van der Waals surface area contributed by atoms with Crippen LogP contribution in [-0.2, 0) is 23.1 Å². The number of ether oxygens (including phenoxy) is 2. The number of imidazole rings is 1. The lowest BCUT2D eigenvalue weighted by Gasteiger charge is -2.27. The van der Waals surface area contributed by atoms with Gasteiger partial charge in [-0.15, -0.1) is 0 Å². The zero-order chi connectivity index (χ0) is 24.1. The van der Waals surface area contributed by atoms with Gasteiger partial charge in [-0.25, -0.2) is 15.0 Å². The molecular formula is C18H28N5O8P. The van der Waals surface area contributed by atoms with Gasteiger partial charge in [0.05, 0.1) is 6.33 Å². The summed E-state index contributed by atoms with van der Waals surface area (Å²) in [4.78, 5) is 25.2. The van der Waals surface area contributed by atoms with E-state index in [-0.39, 0.29) is 28.6 Å². The van der Waals surface area contributed by atoms with Crippen LogP contribution in [0.4, 0.5) is 5.82 Å². The van der Waals surface area contributed by atoms with Gasteiger partial charge in [-0.2, -0.15) is 0 Å². The number of hydrogen-bond acceptors (Lipinski definition) is 12. The molecule has 0 radical (unpaired) electrons. The number of aliphatic hydroxyl groups is 2. The maximum Gasteiger partial charge on any atom is 0.355 e. The number of rotatable bonds is 7. The molecule has 13 nitrogen and oxygen atoms in total. The number of anilines is 1. The van der Waals surface area contributed by atoms with E-state index in [1.807, 2.05) is 0 Å². The van der Waals surface area contributed by atoms with E-state index in [1.165, 1.54) is 32.0 Å². The second kappa shape index (κ2) is 8.41. The summed E-state index contributed by atoms with van der Waals surface area (Å²) in [6.07, 6.45) is -3.37. The Morgan fingerprint density at radius 3 is 2.53 bits per heavy atom. The molecule has 0 saturated carbocycles. The molecule has 178 valence electrons. The van der Waals surface area contributed by atoms with Crippen molar-refractivity contribution in [2.75, 3.05) is 26.3 Å². The van der Waals surface area contributed by atoms with Crippen molar-refractivity contribution in [2.45, 2.75) is 51.9 Å². The number of nitrogen functional groups attached to an aromatic ring is 1. The summed E-state index contributed by atoms with van der Waals surface area (Å²) in [5.41, 5.74) is 3.67. The van der Waals surface area contributed by atoms with Gasteiger partial charge in [0, 0.05) is 19.6 Å². The topological polar surface area (TPSA) is 181 Å². The highest BCUT2D eigenvalue weighted by Gasteiger charge is 2.54. The van der Waals surface area contributed by atoms with Crippen LogP contribution in [0, 0.1) is 5.41 Å². The van der Waals surface area contributed by atoms with Crippen molar-refractivity contribution < 1.29 is 38.1 Å². The van der Waals surface area contributed by atoms with Gasteiger partial charge in [0.2, 0.25) is 11.6 Å². The molecule has 1 fully saturated rings. The number of nitrogens with zero attached hydrogens (tertiary/aromatic N) is 4. The first-order valence-electron chi connectivity index (χ1n) is 9.68. The number of aliphatic hydroxyl groups excluding tert-OH is 1. The van der Waals surface area contributed by atoms with E-state index in [9.17, 15) is 19.6 Å². The van der Waals surface area contributed by atoms with E-state index in [4.69, 9.17) is 24.3 Å². The van der Waals surface area contributed by atoms with E-state index < -0.39 is 43.6 Å². The molecule has 1 aliphatic heterocycles. The van der Waals surface area contributed by atoms with Gasteiger partial charge in [0.1, 0.15) is 17.2 Å². The summed E-state index contributed by atoms with van der Waals surface area (Å²) < 4.78 is 34.2. The molecule has 1 aliphatic rings. The average Bonchev–Trinajstić information content (AvgIpc) is 3.24. The Bertz CT molecular complexity index is 1060. The molecular weight excluding hydrogens is 445 g/mol. The van der Waals surface area contributed by atoms with Gasteiger partial charge in [-0.3, -0.25) is 13.9 Å². The zero-order valence-corrected chi connectivity index (χ0v) is 19.6. The number of hydrogen-bond donors (Lipinski definition) is 3. The number of Topliss-reactive ketones (excluding diaryl/α,β-unsaturated/α-hetero) is 1. The van der Waals surface area contributed by atoms with E-state index in [1.54, 1.807) is 20.8 Å². The van der Waals surface area contributed by atoms with Crippen molar-refractivity contribution in [3.63, 3.8) is 0 Å². The Morgan fingerprint density at radius 2 is 1.97 bits per heavy atom. The summed E-state index contributed by atoms with van der Waals surface area (Å²) in [6, 6.07) is 0. The summed E-state index contributed by atoms with van der Waals surface area (Å²) in [5.74, 6) is -0.473. The van der Waals surface area contributed by atoms with Crippen LogP contribution >= 0.6 is 7.60 Å².